The molecule has 1 aromatic carbocycles. The van der Waals surface area contributed by atoms with Crippen LogP contribution in [0.5, 0.6) is 0 Å². The number of nitrogens with one attached hydrogen (secondary N) is 1. The Hall–Kier alpha value is -1.88. The third-order valence-corrected chi connectivity index (χ3v) is 5.58. The van der Waals surface area contributed by atoms with Crippen LogP contribution in [0.1, 0.15) is 42.3 Å². The monoisotopic (exact) mass is 329 g/mol. The van der Waals surface area contributed by atoms with Crippen molar-refractivity contribution in [1.29, 1.82) is 0 Å². The maximum atomic E-state index is 12.1. The van der Waals surface area contributed by atoms with Gasteiger partial charge in [-0.3, -0.25) is 4.79 Å². The predicted molar refractivity (Wildman–Crippen MR) is 95.7 cm³/mol. The highest BCUT2D eigenvalue weighted by molar-refractivity contribution is 7.15. The highest BCUT2D eigenvalue weighted by Gasteiger charge is 2.21. The fourth-order valence-corrected chi connectivity index (χ4v) is 4.18. The van der Waals surface area contributed by atoms with E-state index in [1.54, 1.807) is 11.3 Å². The molecule has 1 aromatic heterocycles. The Morgan fingerprint density at radius 2 is 2.26 bits per heavy atom. The molecule has 3 rings (SSSR count). The van der Waals surface area contributed by atoms with Gasteiger partial charge in [0.2, 0.25) is 5.91 Å². The molecule has 4 nitrogen and oxygen atoms in total. The van der Waals surface area contributed by atoms with Crippen LogP contribution >= 0.6 is 11.3 Å². The lowest BCUT2D eigenvalue weighted by molar-refractivity contribution is -0.116. The van der Waals surface area contributed by atoms with Crippen molar-refractivity contribution in [2.45, 2.75) is 45.4 Å². The van der Waals surface area contributed by atoms with Gasteiger partial charge >= 0.3 is 0 Å². The predicted octanol–water partition coefficient (Wildman–Crippen LogP) is 3.81. The zero-order valence-electron chi connectivity index (χ0n) is 13.5. The van der Waals surface area contributed by atoms with E-state index >= 15 is 0 Å². The van der Waals surface area contributed by atoms with Gasteiger partial charge in [-0.2, -0.15) is 0 Å². The molecule has 1 aliphatic carbocycles. The highest BCUT2D eigenvalue weighted by Crippen LogP contribution is 2.33. The Kier molecular flexibility index (Phi) is 4.96. The van der Waals surface area contributed by atoms with E-state index in [0.29, 0.717) is 12.8 Å². The molecule has 23 heavy (non-hydrogen) atoms. The summed E-state index contributed by atoms with van der Waals surface area (Å²) in [4.78, 5) is 18.1. The standard InChI is InChI=1S/C18H23N3OS/c1-2-12-7-9-15-16(11-12)23-18(20-15)21-17(22)10-8-13-5-3-4-6-14(13)19/h3-6,12H,2,7-11,19H2,1H3,(H,20,21,22). The highest BCUT2D eigenvalue weighted by atomic mass is 32.1. The van der Waals surface area contributed by atoms with E-state index < -0.39 is 0 Å². The lowest BCUT2D eigenvalue weighted by atomic mass is 9.89. The molecule has 1 atom stereocenters. The normalized spacial score (nSPS) is 16.8. The van der Waals surface area contributed by atoms with Gasteiger partial charge in [-0.15, -0.1) is 11.3 Å². The summed E-state index contributed by atoms with van der Waals surface area (Å²) in [6.45, 7) is 2.24. The summed E-state index contributed by atoms with van der Waals surface area (Å²) in [5.41, 5.74) is 8.86. The molecule has 3 N–H and O–H groups in total. The van der Waals surface area contributed by atoms with Crippen molar-refractivity contribution in [1.82, 2.24) is 4.98 Å². The lowest BCUT2D eigenvalue weighted by Gasteiger charge is -2.18. The van der Waals surface area contributed by atoms with E-state index in [2.05, 4.69) is 17.2 Å². The van der Waals surface area contributed by atoms with Crippen LogP contribution in [0, 0.1) is 5.92 Å². The summed E-state index contributed by atoms with van der Waals surface area (Å²) in [5.74, 6) is 0.777. The molecule has 5 heteroatoms. The quantitative estimate of drug-likeness (QED) is 0.820. The van der Waals surface area contributed by atoms with Gasteiger partial charge in [0, 0.05) is 17.0 Å². The topological polar surface area (TPSA) is 68.0 Å². The fraction of sp³-hybridized carbons (Fsp3) is 0.444. The number of carbonyl (C=O) groups excluding carboxylic acids is 1. The van der Waals surface area contributed by atoms with Gasteiger partial charge in [-0.25, -0.2) is 4.98 Å². The molecule has 1 aliphatic rings. The minimum absolute atomic E-state index is 0.00592. The third-order valence-electron chi connectivity index (χ3n) is 4.54. The number of nitrogens with zero attached hydrogens (tertiary/aromatic N) is 1. The number of rotatable bonds is 5. The molecule has 0 spiro atoms. The number of hydrogen-bond donors (Lipinski definition) is 2. The summed E-state index contributed by atoms with van der Waals surface area (Å²) in [6, 6.07) is 7.69. The zero-order chi connectivity index (χ0) is 16.2. The van der Waals surface area contributed by atoms with Crippen molar-refractivity contribution in [2.75, 3.05) is 11.1 Å². The van der Waals surface area contributed by atoms with Gasteiger partial charge in [0.05, 0.1) is 5.69 Å². The maximum absolute atomic E-state index is 12.1. The molecule has 1 unspecified atom stereocenters. The Morgan fingerprint density at radius 1 is 1.43 bits per heavy atom. The van der Waals surface area contributed by atoms with Gasteiger partial charge < -0.3 is 11.1 Å². The van der Waals surface area contributed by atoms with Crippen LogP contribution in [0.4, 0.5) is 10.8 Å². The fourth-order valence-electron chi connectivity index (χ4n) is 3.04. The van der Waals surface area contributed by atoms with E-state index in [-0.39, 0.29) is 5.91 Å². The second kappa shape index (κ2) is 7.13. The molecule has 0 radical (unpaired) electrons. The molecular formula is C18H23N3OS. The summed E-state index contributed by atoms with van der Waals surface area (Å²) in [7, 11) is 0. The number of hydrogen-bond acceptors (Lipinski definition) is 4. The first-order valence-electron chi connectivity index (χ1n) is 8.27. The van der Waals surface area contributed by atoms with Crippen molar-refractivity contribution in [2.24, 2.45) is 5.92 Å². The Balaban J connectivity index is 1.56. The molecular weight excluding hydrogens is 306 g/mol. The average molecular weight is 329 g/mol. The first kappa shape index (κ1) is 16.0. The zero-order valence-corrected chi connectivity index (χ0v) is 14.3. The van der Waals surface area contributed by atoms with Crippen molar-refractivity contribution in [3.05, 3.63) is 40.4 Å². The number of benzene rings is 1. The number of thiazole rings is 1. The summed E-state index contributed by atoms with van der Waals surface area (Å²) >= 11 is 1.64. The third kappa shape index (κ3) is 3.91. The molecule has 122 valence electrons. The van der Waals surface area contributed by atoms with E-state index in [0.717, 1.165) is 35.1 Å². The first-order chi connectivity index (χ1) is 11.2. The van der Waals surface area contributed by atoms with Gasteiger partial charge in [0.15, 0.2) is 5.13 Å². The Bertz CT molecular complexity index is 695. The van der Waals surface area contributed by atoms with Crippen LogP contribution < -0.4 is 11.1 Å². The van der Waals surface area contributed by atoms with E-state index in [9.17, 15) is 4.79 Å². The van der Waals surface area contributed by atoms with Crippen molar-refractivity contribution in [3.63, 3.8) is 0 Å². The number of fused-ring (bicyclic) bond motifs is 1. The van der Waals surface area contributed by atoms with Crippen LogP contribution in [-0.4, -0.2) is 10.9 Å². The minimum atomic E-state index is 0.00592. The number of anilines is 2. The van der Waals surface area contributed by atoms with Crippen LogP contribution in [0.3, 0.4) is 0 Å². The van der Waals surface area contributed by atoms with Crippen LogP contribution in [0.2, 0.25) is 0 Å². The maximum Gasteiger partial charge on any atom is 0.226 e. The number of nitrogen functional groups attached to an aromatic ring is 1. The van der Waals surface area contributed by atoms with Crippen LogP contribution in [0.25, 0.3) is 0 Å². The molecule has 0 saturated heterocycles. The molecule has 2 aromatic rings. The average Bonchev–Trinajstić information content (AvgIpc) is 2.95. The van der Waals surface area contributed by atoms with Gasteiger partial charge in [-0.1, -0.05) is 31.5 Å². The van der Waals surface area contributed by atoms with Crippen LogP contribution in [0.15, 0.2) is 24.3 Å². The lowest BCUT2D eigenvalue weighted by Crippen LogP contribution is -2.13. The minimum Gasteiger partial charge on any atom is -0.399 e. The molecule has 0 bridgehead atoms. The van der Waals surface area contributed by atoms with Crippen molar-refractivity contribution < 1.29 is 4.79 Å². The summed E-state index contributed by atoms with van der Waals surface area (Å²) in [6.07, 6.45) is 5.67. The SMILES string of the molecule is CCC1CCc2nc(NC(=O)CCc3ccccc3N)sc2C1. The van der Waals surface area contributed by atoms with E-state index in [1.807, 2.05) is 24.3 Å². The molecule has 0 aliphatic heterocycles. The van der Waals surface area contributed by atoms with Crippen LogP contribution in [-0.2, 0) is 24.1 Å². The Labute approximate surface area is 141 Å². The number of carbonyl (C=O) groups is 1. The van der Waals surface area contributed by atoms with Crippen molar-refractivity contribution >= 4 is 28.1 Å². The van der Waals surface area contributed by atoms with E-state index in [4.69, 9.17) is 5.73 Å². The van der Waals surface area contributed by atoms with E-state index in [1.165, 1.54) is 23.4 Å². The molecule has 0 saturated carbocycles. The summed E-state index contributed by atoms with van der Waals surface area (Å²) in [5, 5.41) is 3.70. The molecule has 1 heterocycles. The van der Waals surface area contributed by atoms with Gasteiger partial charge in [-0.05, 0) is 43.2 Å². The largest absolute Gasteiger partial charge is 0.399 e. The van der Waals surface area contributed by atoms with Crippen molar-refractivity contribution in [3.8, 4) is 0 Å². The van der Waals surface area contributed by atoms with Gasteiger partial charge in [0.1, 0.15) is 0 Å². The number of para-hydroxylation sites is 1. The number of aromatic nitrogens is 1. The number of aryl methyl sites for hydroxylation is 2. The number of nitrogens with two attached hydrogens (primary N) is 1. The van der Waals surface area contributed by atoms with Gasteiger partial charge in [0.25, 0.3) is 0 Å². The second-order valence-electron chi connectivity index (χ2n) is 6.15. The number of amides is 1. The summed E-state index contributed by atoms with van der Waals surface area (Å²) < 4.78 is 0. The molecule has 0 fully saturated rings. The first-order valence-corrected chi connectivity index (χ1v) is 9.09. The second-order valence-corrected chi connectivity index (χ2v) is 7.24. The smallest absolute Gasteiger partial charge is 0.226 e. The Morgan fingerprint density at radius 3 is 3.04 bits per heavy atom. The molecule has 1 amide bonds.